The smallest absolute Gasteiger partial charge is 0.335 e. The highest BCUT2D eigenvalue weighted by Gasteiger charge is 2.32. The van der Waals surface area contributed by atoms with E-state index >= 15 is 0 Å². The Balaban J connectivity index is 1.48. The van der Waals surface area contributed by atoms with Crippen LogP contribution in [0.25, 0.3) is 0 Å². The van der Waals surface area contributed by atoms with Crippen LogP contribution in [0.1, 0.15) is 37.0 Å². The summed E-state index contributed by atoms with van der Waals surface area (Å²) in [6.45, 7) is 5.09. The summed E-state index contributed by atoms with van der Waals surface area (Å²) in [7, 11) is 0. The minimum atomic E-state index is -1.00. The van der Waals surface area contributed by atoms with Crippen molar-refractivity contribution in [2.24, 2.45) is 0 Å². The summed E-state index contributed by atoms with van der Waals surface area (Å²) in [6, 6.07) is 13.9. The zero-order chi connectivity index (χ0) is 21.7. The number of hydrogen-bond acceptors (Lipinski definition) is 5. The molecule has 2 aromatic carbocycles. The Morgan fingerprint density at radius 2 is 1.83 bits per heavy atom. The molecule has 1 heterocycles. The first-order valence-corrected chi connectivity index (χ1v) is 10.9. The Morgan fingerprint density at radius 3 is 2.47 bits per heavy atom. The van der Waals surface area contributed by atoms with Crippen LogP contribution in [0.3, 0.4) is 0 Å². The fourth-order valence-corrected chi connectivity index (χ4v) is 4.27. The van der Waals surface area contributed by atoms with Gasteiger partial charge in [-0.15, -0.1) is 0 Å². The highest BCUT2D eigenvalue weighted by molar-refractivity contribution is 7.97. The van der Waals surface area contributed by atoms with Crippen molar-refractivity contribution in [3.63, 3.8) is 0 Å². The van der Waals surface area contributed by atoms with Crippen LogP contribution in [0.15, 0.2) is 53.4 Å². The zero-order valence-electron chi connectivity index (χ0n) is 16.9. The van der Waals surface area contributed by atoms with Gasteiger partial charge in [-0.2, -0.15) is 0 Å². The number of carbonyl (C=O) groups excluding carboxylic acids is 1. The van der Waals surface area contributed by atoms with E-state index in [-0.39, 0.29) is 17.5 Å². The number of amides is 1. The van der Waals surface area contributed by atoms with E-state index in [2.05, 4.69) is 9.62 Å². The first kappa shape index (κ1) is 22.5. The average Bonchev–Trinajstić information content (AvgIpc) is 2.71. The van der Waals surface area contributed by atoms with Crippen molar-refractivity contribution >= 4 is 35.4 Å². The Morgan fingerprint density at radius 1 is 1.17 bits per heavy atom. The van der Waals surface area contributed by atoms with Gasteiger partial charge in [0.1, 0.15) is 5.75 Å². The predicted octanol–water partition coefficient (Wildman–Crippen LogP) is 4.48. The maximum Gasteiger partial charge on any atom is 0.335 e. The number of nitrogens with one attached hydrogen (secondary N) is 1. The van der Waals surface area contributed by atoms with Crippen LogP contribution in [0.4, 0.5) is 0 Å². The van der Waals surface area contributed by atoms with Crippen LogP contribution in [0, 0.1) is 0 Å². The molecule has 1 fully saturated rings. The highest BCUT2D eigenvalue weighted by atomic mass is 35.5. The molecule has 0 saturated carbocycles. The second-order valence-corrected chi connectivity index (χ2v) is 9.27. The van der Waals surface area contributed by atoms with Crippen LogP contribution < -0.4 is 10.1 Å². The van der Waals surface area contributed by atoms with Gasteiger partial charge in [-0.1, -0.05) is 17.7 Å². The summed E-state index contributed by atoms with van der Waals surface area (Å²) >= 11 is 7.44. The van der Waals surface area contributed by atoms with Crippen molar-refractivity contribution in [2.45, 2.75) is 43.2 Å². The number of carbonyl (C=O) groups is 2. The maximum atomic E-state index is 12.7. The zero-order valence-corrected chi connectivity index (χ0v) is 18.5. The number of hydrogen-bond donors (Lipinski definition) is 2. The summed E-state index contributed by atoms with van der Waals surface area (Å²) in [5.41, 5.74) is -0.721. The first-order valence-electron chi connectivity index (χ1n) is 9.75. The first-order chi connectivity index (χ1) is 14.2. The van der Waals surface area contributed by atoms with Crippen molar-refractivity contribution < 1.29 is 19.4 Å². The number of halogens is 1. The lowest BCUT2D eigenvalue weighted by Crippen LogP contribution is -2.52. The van der Waals surface area contributed by atoms with Crippen LogP contribution in [-0.4, -0.2) is 46.0 Å². The van der Waals surface area contributed by atoms with Gasteiger partial charge in [0.15, 0.2) is 5.60 Å². The van der Waals surface area contributed by atoms with Crippen LogP contribution in [-0.2, 0) is 4.79 Å². The Labute approximate surface area is 185 Å². The normalized spacial score (nSPS) is 15.6. The van der Waals surface area contributed by atoms with E-state index in [4.69, 9.17) is 21.4 Å². The highest BCUT2D eigenvalue weighted by Crippen LogP contribution is 2.27. The lowest BCUT2D eigenvalue weighted by atomic mass is 10.0. The third-order valence-electron chi connectivity index (χ3n) is 4.84. The number of carboxylic acid groups (broad SMARTS) is 1. The summed E-state index contributed by atoms with van der Waals surface area (Å²) in [5.74, 6) is -0.491. The van der Waals surface area contributed by atoms with Crippen LogP contribution >= 0.6 is 23.5 Å². The lowest BCUT2D eigenvalue weighted by molar-refractivity contribution is -0.135. The minimum absolute atomic E-state index is 0.0767. The lowest BCUT2D eigenvalue weighted by Gasteiger charge is -2.33. The van der Waals surface area contributed by atoms with Crippen LogP contribution in [0.2, 0.25) is 5.02 Å². The molecule has 2 N–H and O–H groups in total. The van der Waals surface area contributed by atoms with E-state index in [1.807, 2.05) is 6.07 Å². The van der Waals surface area contributed by atoms with Gasteiger partial charge in [-0.05, 0) is 81.1 Å². The molecule has 0 unspecified atom stereocenters. The fourth-order valence-electron chi connectivity index (χ4n) is 3.13. The predicted molar refractivity (Wildman–Crippen MR) is 118 cm³/mol. The van der Waals surface area contributed by atoms with E-state index in [9.17, 15) is 9.59 Å². The third-order valence-corrected chi connectivity index (χ3v) is 6.18. The van der Waals surface area contributed by atoms with E-state index in [1.54, 1.807) is 68.3 Å². The molecular formula is C22H25ClN2O4S. The molecule has 160 valence electrons. The number of rotatable bonds is 7. The average molecular weight is 449 g/mol. The summed E-state index contributed by atoms with van der Waals surface area (Å²) in [5, 5.41) is 12.8. The number of nitrogens with zero attached hydrogens (tertiary/aromatic N) is 1. The SMILES string of the molecule is CC(C)(Oc1ccc(Cl)cc1)C(=O)NC1CCN(Sc2cccc(C(=O)O)c2)CC1. The molecule has 1 saturated heterocycles. The molecule has 1 aliphatic rings. The molecule has 2 aromatic rings. The minimum Gasteiger partial charge on any atom is -0.478 e. The van der Waals surface area contributed by atoms with E-state index in [1.165, 1.54) is 0 Å². The monoisotopic (exact) mass is 448 g/mol. The number of benzene rings is 2. The standard InChI is InChI=1S/C22H25ClN2O4S/c1-22(2,29-18-8-6-16(23)7-9-18)21(28)24-17-10-12-25(13-11-17)30-19-5-3-4-15(14-19)20(26)27/h3-9,14,17H,10-13H2,1-2H3,(H,24,28)(H,26,27). The van der Waals surface area contributed by atoms with Gasteiger partial charge in [0.2, 0.25) is 0 Å². The summed E-state index contributed by atoms with van der Waals surface area (Å²) < 4.78 is 8.05. The Hall–Kier alpha value is -2.22. The molecule has 1 amide bonds. The molecule has 0 aliphatic carbocycles. The molecule has 3 rings (SSSR count). The number of aromatic carboxylic acids is 1. The van der Waals surface area contributed by atoms with Gasteiger partial charge in [0, 0.05) is 29.0 Å². The van der Waals surface area contributed by atoms with E-state index in [0.29, 0.717) is 10.8 Å². The topological polar surface area (TPSA) is 78.9 Å². The molecule has 1 aliphatic heterocycles. The van der Waals surface area contributed by atoms with Gasteiger partial charge in [0.25, 0.3) is 5.91 Å². The van der Waals surface area contributed by atoms with Gasteiger partial charge in [-0.25, -0.2) is 9.10 Å². The molecule has 6 nitrogen and oxygen atoms in total. The molecule has 0 radical (unpaired) electrons. The van der Waals surface area contributed by atoms with Gasteiger partial charge in [-0.3, -0.25) is 4.79 Å². The molecule has 30 heavy (non-hydrogen) atoms. The Kier molecular flexibility index (Phi) is 7.28. The molecule has 0 atom stereocenters. The second-order valence-electron chi connectivity index (χ2n) is 7.67. The van der Waals surface area contributed by atoms with E-state index < -0.39 is 11.6 Å². The maximum absolute atomic E-state index is 12.7. The molecular weight excluding hydrogens is 424 g/mol. The van der Waals surface area contributed by atoms with Gasteiger partial charge >= 0.3 is 5.97 Å². The molecule has 0 bridgehead atoms. The second kappa shape index (κ2) is 9.73. The fraction of sp³-hybridized carbons (Fsp3) is 0.364. The van der Waals surface area contributed by atoms with Crippen molar-refractivity contribution in [1.29, 1.82) is 0 Å². The number of carboxylic acids is 1. The number of piperidine rings is 1. The van der Waals surface area contributed by atoms with Crippen LogP contribution in [0.5, 0.6) is 5.75 Å². The van der Waals surface area contributed by atoms with Gasteiger partial charge < -0.3 is 15.2 Å². The quantitative estimate of drug-likeness (QED) is 0.608. The molecule has 8 heteroatoms. The molecule has 0 aromatic heterocycles. The Bertz CT molecular complexity index is 896. The third kappa shape index (κ3) is 6.14. The summed E-state index contributed by atoms with van der Waals surface area (Å²) in [4.78, 5) is 24.8. The summed E-state index contributed by atoms with van der Waals surface area (Å²) in [6.07, 6.45) is 1.63. The number of ether oxygens (including phenoxy) is 1. The van der Waals surface area contributed by atoms with Gasteiger partial charge in [0.05, 0.1) is 5.56 Å². The largest absolute Gasteiger partial charge is 0.478 e. The molecule has 0 spiro atoms. The van der Waals surface area contributed by atoms with Crippen molar-refractivity contribution in [1.82, 2.24) is 9.62 Å². The van der Waals surface area contributed by atoms with Crippen molar-refractivity contribution in [3.8, 4) is 5.75 Å². The van der Waals surface area contributed by atoms with Crippen molar-refractivity contribution in [3.05, 3.63) is 59.1 Å². The van der Waals surface area contributed by atoms with E-state index in [0.717, 1.165) is 30.8 Å². The van der Waals surface area contributed by atoms with Crippen molar-refractivity contribution in [2.75, 3.05) is 13.1 Å².